The van der Waals surface area contributed by atoms with E-state index in [1.807, 2.05) is 0 Å². The number of carbonyl (C=O) groups excluding carboxylic acids is 1. The van der Waals surface area contributed by atoms with Crippen molar-refractivity contribution >= 4 is 44.8 Å². The molecule has 0 saturated heterocycles. The van der Waals surface area contributed by atoms with E-state index in [0.29, 0.717) is 5.75 Å². The Bertz CT molecular complexity index is 930. The lowest BCUT2D eigenvalue weighted by Gasteiger charge is -2.19. The number of amides is 1. The summed E-state index contributed by atoms with van der Waals surface area (Å²) in [5, 5.41) is 3.01. The highest BCUT2D eigenvalue weighted by Crippen LogP contribution is 2.31. The van der Waals surface area contributed by atoms with E-state index in [0.717, 1.165) is 4.31 Å². The van der Waals surface area contributed by atoms with Crippen molar-refractivity contribution in [3.63, 3.8) is 0 Å². The topological polar surface area (TPSA) is 84.9 Å². The fourth-order valence-corrected chi connectivity index (χ4v) is 4.02. The van der Waals surface area contributed by atoms with Gasteiger partial charge < -0.3 is 14.8 Å². The molecule has 146 valence electrons. The zero-order chi connectivity index (χ0) is 20.2. The van der Waals surface area contributed by atoms with E-state index in [1.165, 1.54) is 33.4 Å². The van der Waals surface area contributed by atoms with Gasteiger partial charge in [0.25, 0.3) is 0 Å². The molecule has 10 heteroatoms. The molecule has 0 aliphatic heterocycles. The van der Waals surface area contributed by atoms with Crippen LogP contribution in [0, 0.1) is 0 Å². The Morgan fingerprint density at radius 1 is 1.11 bits per heavy atom. The Morgan fingerprint density at radius 3 is 2.30 bits per heavy atom. The van der Waals surface area contributed by atoms with Crippen molar-refractivity contribution in [3.8, 4) is 11.5 Å². The number of anilines is 1. The molecule has 0 atom stereocenters. The molecule has 0 radical (unpaired) electrons. The number of ether oxygens (including phenoxy) is 2. The van der Waals surface area contributed by atoms with Crippen molar-refractivity contribution < 1.29 is 22.7 Å². The molecule has 0 aliphatic carbocycles. The summed E-state index contributed by atoms with van der Waals surface area (Å²) < 4.78 is 36.8. The molecule has 0 spiro atoms. The van der Waals surface area contributed by atoms with Gasteiger partial charge in [-0.2, -0.15) is 4.31 Å². The van der Waals surface area contributed by atoms with Crippen LogP contribution in [0.3, 0.4) is 0 Å². The highest BCUT2D eigenvalue weighted by atomic mass is 35.5. The van der Waals surface area contributed by atoms with E-state index in [2.05, 4.69) is 5.32 Å². The molecule has 0 fully saturated rings. The van der Waals surface area contributed by atoms with Crippen molar-refractivity contribution in [1.29, 1.82) is 0 Å². The third-order valence-electron chi connectivity index (χ3n) is 3.65. The Hall–Kier alpha value is -2.00. The highest BCUT2D eigenvalue weighted by Gasteiger charge is 2.27. The maximum absolute atomic E-state index is 12.9. The van der Waals surface area contributed by atoms with Gasteiger partial charge >= 0.3 is 0 Å². The number of hydrogen-bond acceptors (Lipinski definition) is 5. The standard InChI is InChI=1S/C17H18Cl2N2O5S/c1-21(10-16(22)20-17-12(18)5-4-6-13(17)19)27(23,24)15-9-11(25-2)7-8-14(15)26-3/h4-9H,10H2,1-3H3,(H,20,22). The molecule has 7 nitrogen and oxygen atoms in total. The number of para-hydroxylation sites is 1. The van der Waals surface area contributed by atoms with Crippen LogP contribution in [-0.2, 0) is 14.8 Å². The summed E-state index contributed by atoms with van der Waals surface area (Å²) >= 11 is 12.0. The van der Waals surface area contributed by atoms with Crippen LogP contribution >= 0.6 is 23.2 Å². The second-order valence-electron chi connectivity index (χ2n) is 5.42. The molecule has 0 aliphatic rings. The first-order valence-electron chi connectivity index (χ1n) is 7.63. The molecule has 0 heterocycles. The summed E-state index contributed by atoms with van der Waals surface area (Å²) in [6.07, 6.45) is 0. The number of rotatable bonds is 7. The Labute approximate surface area is 167 Å². The van der Waals surface area contributed by atoms with E-state index >= 15 is 0 Å². The molecule has 1 N–H and O–H groups in total. The van der Waals surface area contributed by atoms with E-state index in [1.54, 1.807) is 24.3 Å². The van der Waals surface area contributed by atoms with Crippen LogP contribution in [-0.4, -0.2) is 46.4 Å². The summed E-state index contributed by atoms with van der Waals surface area (Å²) in [6, 6.07) is 9.13. The first-order chi connectivity index (χ1) is 12.7. The minimum atomic E-state index is -4.02. The lowest BCUT2D eigenvalue weighted by atomic mass is 10.3. The van der Waals surface area contributed by atoms with Gasteiger partial charge in [0.05, 0.1) is 36.5 Å². The number of carbonyl (C=O) groups is 1. The highest BCUT2D eigenvalue weighted by molar-refractivity contribution is 7.89. The Kier molecular flexibility index (Phi) is 6.94. The quantitative estimate of drug-likeness (QED) is 0.725. The predicted molar refractivity (Wildman–Crippen MR) is 104 cm³/mol. The molecule has 0 bridgehead atoms. The summed E-state index contributed by atoms with van der Waals surface area (Å²) in [5.41, 5.74) is 0.218. The lowest BCUT2D eigenvalue weighted by molar-refractivity contribution is -0.116. The third kappa shape index (κ3) is 4.84. The van der Waals surface area contributed by atoms with Crippen molar-refractivity contribution in [2.75, 3.05) is 33.1 Å². The van der Waals surface area contributed by atoms with Gasteiger partial charge in [0.1, 0.15) is 16.4 Å². The van der Waals surface area contributed by atoms with Gasteiger partial charge in [-0.25, -0.2) is 8.42 Å². The minimum Gasteiger partial charge on any atom is -0.497 e. The third-order valence-corrected chi connectivity index (χ3v) is 6.11. The number of sulfonamides is 1. The van der Waals surface area contributed by atoms with Crippen LogP contribution in [0.25, 0.3) is 0 Å². The van der Waals surface area contributed by atoms with Crippen molar-refractivity contribution in [1.82, 2.24) is 4.31 Å². The summed E-state index contributed by atoms with van der Waals surface area (Å²) in [7, 11) is 0.0329. The predicted octanol–water partition coefficient (Wildman–Crippen LogP) is 3.27. The molecule has 0 aromatic heterocycles. The lowest BCUT2D eigenvalue weighted by Crippen LogP contribution is -2.35. The van der Waals surface area contributed by atoms with Crippen molar-refractivity contribution in [2.24, 2.45) is 0 Å². The van der Waals surface area contributed by atoms with Gasteiger partial charge in [0.15, 0.2) is 0 Å². The summed E-state index contributed by atoms with van der Waals surface area (Å²) in [5.74, 6) is -0.120. The first-order valence-corrected chi connectivity index (χ1v) is 9.82. The van der Waals surface area contributed by atoms with Crippen LogP contribution in [0.5, 0.6) is 11.5 Å². The van der Waals surface area contributed by atoms with E-state index in [-0.39, 0.29) is 26.4 Å². The molecule has 1 amide bonds. The fourth-order valence-electron chi connectivity index (χ4n) is 2.24. The zero-order valence-electron chi connectivity index (χ0n) is 14.8. The average molecular weight is 433 g/mol. The van der Waals surface area contributed by atoms with Crippen molar-refractivity contribution in [2.45, 2.75) is 4.90 Å². The van der Waals surface area contributed by atoms with Gasteiger partial charge in [-0.3, -0.25) is 4.79 Å². The largest absolute Gasteiger partial charge is 0.497 e. The number of halogens is 2. The fraction of sp³-hybridized carbons (Fsp3) is 0.235. The normalized spacial score (nSPS) is 11.3. The number of methoxy groups -OCH3 is 2. The zero-order valence-corrected chi connectivity index (χ0v) is 17.2. The number of benzene rings is 2. The van der Waals surface area contributed by atoms with Gasteiger partial charge in [-0.15, -0.1) is 0 Å². The number of nitrogens with zero attached hydrogens (tertiary/aromatic N) is 1. The van der Waals surface area contributed by atoms with Crippen LogP contribution in [0.15, 0.2) is 41.3 Å². The van der Waals surface area contributed by atoms with Crippen LogP contribution in [0.4, 0.5) is 5.69 Å². The molecular weight excluding hydrogens is 415 g/mol. The number of nitrogens with one attached hydrogen (secondary N) is 1. The van der Waals surface area contributed by atoms with Crippen molar-refractivity contribution in [3.05, 3.63) is 46.4 Å². The molecular formula is C17H18Cl2N2O5S. The number of likely N-dealkylation sites (N-methyl/N-ethyl adjacent to an activating group) is 1. The van der Waals surface area contributed by atoms with Gasteiger partial charge in [0.2, 0.25) is 15.9 Å². The van der Waals surface area contributed by atoms with Gasteiger partial charge in [-0.05, 0) is 24.3 Å². The van der Waals surface area contributed by atoms with Gasteiger partial charge in [-0.1, -0.05) is 29.3 Å². The van der Waals surface area contributed by atoms with E-state index in [9.17, 15) is 13.2 Å². The van der Waals surface area contributed by atoms with Crippen LogP contribution < -0.4 is 14.8 Å². The van der Waals surface area contributed by atoms with E-state index < -0.39 is 22.5 Å². The maximum atomic E-state index is 12.9. The average Bonchev–Trinajstić information content (AvgIpc) is 2.64. The molecule has 2 rings (SSSR count). The molecule has 0 saturated carbocycles. The van der Waals surface area contributed by atoms with Gasteiger partial charge in [0, 0.05) is 13.1 Å². The maximum Gasteiger partial charge on any atom is 0.247 e. The van der Waals surface area contributed by atoms with E-state index in [4.69, 9.17) is 32.7 Å². The number of hydrogen-bond donors (Lipinski definition) is 1. The second-order valence-corrected chi connectivity index (χ2v) is 8.25. The molecule has 0 unspecified atom stereocenters. The molecule has 2 aromatic rings. The van der Waals surface area contributed by atoms with Crippen LogP contribution in [0.2, 0.25) is 10.0 Å². The Balaban J connectivity index is 2.24. The summed E-state index contributed by atoms with van der Waals surface area (Å²) in [6.45, 7) is -0.454. The second kappa shape index (κ2) is 8.79. The smallest absolute Gasteiger partial charge is 0.247 e. The molecule has 2 aromatic carbocycles. The molecule has 27 heavy (non-hydrogen) atoms. The monoisotopic (exact) mass is 432 g/mol. The van der Waals surface area contributed by atoms with Crippen LogP contribution in [0.1, 0.15) is 0 Å². The first kappa shape index (κ1) is 21.3. The SMILES string of the molecule is COc1ccc(OC)c(S(=O)(=O)N(C)CC(=O)Nc2c(Cl)cccc2Cl)c1. The minimum absolute atomic E-state index is 0.115. The Morgan fingerprint density at radius 2 is 1.74 bits per heavy atom. The summed E-state index contributed by atoms with van der Waals surface area (Å²) in [4.78, 5) is 12.2.